The fourth-order valence-electron chi connectivity index (χ4n) is 2.43. The first kappa shape index (κ1) is 15.1. The van der Waals surface area contributed by atoms with Crippen LogP contribution in [0.3, 0.4) is 0 Å². The zero-order chi connectivity index (χ0) is 13.4. The van der Waals surface area contributed by atoms with Crippen molar-refractivity contribution in [3.8, 4) is 0 Å². The van der Waals surface area contributed by atoms with E-state index in [1.807, 2.05) is 12.2 Å². The molecule has 0 fully saturated rings. The van der Waals surface area contributed by atoms with Gasteiger partial charge in [0.1, 0.15) is 5.66 Å². The molecule has 1 atom stereocenters. The molecule has 0 saturated carbocycles. The van der Waals surface area contributed by atoms with E-state index >= 15 is 0 Å². The van der Waals surface area contributed by atoms with Crippen molar-refractivity contribution in [2.75, 3.05) is 6.54 Å². The zero-order valence-electron chi connectivity index (χ0n) is 12.0. The van der Waals surface area contributed by atoms with Crippen LogP contribution in [0.1, 0.15) is 58.8 Å². The summed E-state index contributed by atoms with van der Waals surface area (Å²) in [5.41, 5.74) is 13.0. The molecule has 1 unspecified atom stereocenters. The first-order valence-electron chi connectivity index (χ1n) is 7.35. The van der Waals surface area contributed by atoms with Gasteiger partial charge in [-0.1, -0.05) is 39.5 Å². The highest BCUT2D eigenvalue weighted by molar-refractivity contribution is 5.26. The molecule has 104 valence electrons. The van der Waals surface area contributed by atoms with Crippen LogP contribution >= 0.6 is 0 Å². The number of hydrogen-bond donors (Lipinski definition) is 2. The summed E-state index contributed by atoms with van der Waals surface area (Å²) < 4.78 is 0. The van der Waals surface area contributed by atoms with Crippen LogP contribution in [0.5, 0.6) is 0 Å². The molecular weight excluding hydrogens is 222 g/mol. The lowest BCUT2D eigenvalue weighted by molar-refractivity contribution is 0.164. The number of nitrogens with zero attached hydrogens (tertiary/aromatic N) is 1. The Balaban J connectivity index is 2.61. The van der Waals surface area contributed by atoms with Crippen molar-refractivity contribution in [2.24, 2.45) is 11.5 Å². The third kappa shape index (κ3) is 3.77. The molecule has 0 aromatic heterocycles. The lowest BCUT2D eigenvalue weighted by Gasteiger charge is -2.43. The van der Waals surface area contributed by atoms with Gasteiger partial charge in [0.05, 0.1) is 0 Å². The third-order valence-electron chi connectivity index (χ3n) is 3.72. The van der Waals surface area contributed by atoms with Crippen molar-refractivity contribution in [1.82, 2.24) is 4.90 Å². The maximum absolute atomic E-state index is 6.55. The largest absolute Gasteiger partial charge is 0.399 e. The van der Waals surface area contributed by atoms with Gasteiger partial charge in [-0.2, -0.15) is 0 Å². The molecule has 4 N–H and O–H groups in total. The monoisotopic (exact) mass is 251 g/mol. The Morgan fingerprint density at radius 2 is 1.78 bits per heavy atom. The topological polar surface area (TPSA) is 55.3 Å². The molecule has 0 radical (unpaired) electrons. The minimum absolute atomic E-state index is 0.461. The Bertz CT molecular complexity index is 296. The molecule has 3 heteroatoms. The van der Waals surface area contributed by atoms with E-state index in [4.69, 9.17) is 11.5 Å². The molecule has 18 heavy (non-hydrogen) atoms. The SMILES string of the molecule is CCCCCN1C=CC=C(N)C1(N)CCCCC. The third-order valence-corrected chi connectivity index (χ3v) is 3.72. The molecule has 3 nitrogen and oxygen atoms in total. The first-order chi connectivity index (χ1) is 8.65. The minimum Gasteiger partial charge on any atom is -0.399 e. The summed E-state index contributed by atoms with van der Waals surface area (Å²) in [4.78, 5) is 2.23. The molecule has 1 aliphatic rings. The van der Waals surface area contributed by atoms with Crippen molar-refractivity contribution in [3.63, 3.8) is 0 Å². The smallest absolute Gasteiger partial charge is 0.129 e. The van der Waals surface area contributed by atoms with Gasteiger partial charge < -0.3 is 16.4 Å². The summed E-state index contributed by atoms with van der Waals surface area (Å²) in [6, 6.07) is 0. The Morgan fingerprint density at radius 1 is 1.11 bits per heavy atom. The van der Waals surface area contributed by atoms with Crippen molar-refractivity contribution in [3.05, 3.63) is 24.0 Å². The lowest BCUT2D eigenvalue weighted by atomic mass is 9.94. The first-order valence-corrected chi connectivity index (χ1v) is 7.35. The summed E-state index contributed by atoms with van der Waals surface area (Å²) in [6.45, 7) is 5.43. The predicted molar refractivity (Wildman–Crippen MR) is 78.7 cm³/mol. The summed E-state index contributed by atoms with van der Waals surface area (Å²) in [5, 5.41) is 0. The molecule has 0 aromatic rings. The van der Waals surface area contributed by atoms with E-state index in [1.165, 1.54) is 32.1 Å². The molecule has 1 rings (SSSR count). The van der Waals surface area contributed by atoms with Crippen molar-refractivity contribution < 1.29 is 0 Å². The Hall–Kier alpha value is -0.960. The van der Waals surface area contributed by atoms with E-state index in [2.05, 4.69) is 24.9 Å². The Morgan fingerprint density at radius 3 is 2.44 bits per heavy atom. The summed E-state index contributed by atoms with van der Waals surface area (Å²) >= 11 is 0. The fourth-order valence-corrected chi connectivity index (χ4v) is 2.43. The average molecular weight is 251 g/mol. The van der Waals surface area contributed by atoms with Gasteiger partial charge in [-0.25, -0.2) is 0 Å². The van der Waals surface area contributed by atoms with Crippen LogP contribution in [0, 0.1) is 0 Å². The van der Waals surface area contributed by atoms with Crippen molar-refractivity contribution >= 4 is 0 Å². The van der Waals surface area contributed by atoms with Crippen LogP contribution in [0.4, 0.5) is 0 Å². The number of allylic oxidation sites excluding steroid dienone is 2. The molecule has 1 heterocycles. The number of rotatable bonds is 8. The van der Waals surface area contributed by atoms with Gasteiger partial charge in [0.2, 0.25) is 0 Å². The Kier molecular flexibility index (Phi) is 6.27. The van der Waals surface area contributed by atoms with Crippen LogP contribution in [-0.4, -0.2) is 17.1 Å². The van der Waals surface area contributed by atoms with E-state index < -0.39 is 5.66 Å². The van der Waals surface area contributed by atoms with E-state index in [-0.39, 0.29) is 0 Å². The van der Waals surface area contributed by atoms with Gasteiger partial charge in [0.25, 0.3) is 0 Å². The maximum Gasteiger partial charge on any atom is 0.129 e. The fraction of sp³-hybridized carbons (Fsp3) is 0.733. The number of nitrogens with two attached hydrogens (primary N) is 2. The molecule has 0 bridgehead atoms. The molecular formula is C15H29N3. The van der Waals surface area contributed by atoms with E-state index in [0.717, 1.165) is 25.1 Å². The summed E-state index contributed by atoms with van der Waals surface area (Å²) in [5.74, 6) is 0. The molecule has 0 spiro atoms. The number of unbranched alkanes of at least 4 members (excludes halogenated alkanes) is 4. The van der Waals surface area contributed by atoms with Gasteiger partial charge in [-0.15, -0.1) is 0 Å². The van der Waals surface area contributed by atoms with Crippen LogP contribution < -0.4 is 11.5 Å². The second-order valence-corrected chi connectivity index (χ2v) is 5.25. The standard InChI is InChI=1S/C15H29N3/c1-3-5-7-11-15(17)14(16)10-9-13-18(15)12-8-6-4-2/h9-10,13H,3-8,11-12,16-17H2,1-2H3. The van der Waals surface area contributed by atoms with E-state index in [1.54, 1.807) is 0 Å². The predicted octanol–water partition coefficient (Wildman–Crippen LogP) is 3.08. The molecule has 0 saturated heterocycles. The molecule has 0 amide bonds. The quantitative estimate of drug-likeness (QED) is 0.652. The van der Waals surface area contributed by atoms with Gasteiger partial charge >= 0.3 is 0 Å². The van der Waals surface area contributed by atoms with Crippen LogP contribution in [-0.2, 0) is 0 Å². The highest BCUT2D eigenvalue weighted by Crippen LogP contribution is 2.26. The summed E-state index contributed by atoms with van der Waals surface area (Å²) in [6.07, 6.45) is 14.2. The molecule has 1 aliphatic heterocycles. The normalized spacial score (nSPS) is 23.3. The van der Waals surface area contributed by atoms with Gasteiger partial charge in [-0.3, -0.25) is 0 Å². The maximum atomic E-state index is 6.55. The molecule has 0 aliphatic carbocycles. The lowest BCUT2D eigenvalue weighted by Crippen LogP contribution is -2.58. The zero-order valence-corrected chi connectivity index (χ0v) is 12.0. The second kappa shape index (κ2) is 7.47. The Labute approximate surface area is 112 Å². The number of hydrogen-bond acceptors (Lipinski definition) is 3. The van der Waals surface area contributed by atoms with E-state index in [0.29, 0.717) is 0 Å². The van der Waals surface area contributed by atoms with Gasteiger partial charge in [0, 0.05) is 18.4 Å². The summed E-state index contributed by atoms with van der Waals surface area (Å²) in [7, 11) is 0. The minimum atomic E-state index is -0.461. The van der Waals surface area contributed by atoms with Gasteiger partial charge in [-0.05, 0) is 31.4 Å². The highest BCUT2D eigenvalue weighted by atomic mass is 15.3. The van der Waals surface area contributed by atoms with Crippen LogP contribution in [0.25, 0.3) is 0 Å². The van der Waals surface area contributed by atoms with Crippen LogP contribution in [0.15, 0.2) is 24.0 Å². The van der Waals surface area contributed by atoms with E-state index in [9.17, 15) is 0 Å². The molecule has 0 aromatic carbocycles. The average Bonchev–Trinajstić information content (AvgIpc) is 2.35. The second-order valence-electron chi connectivity index (χ2n) is 5.25. The van der Waals surface area contributed by atoms with Gasteiger partial charge in [0.15, 0.2) is 0 Å². The van der Waals surface area contributed by atoms with Crippen molar-refractivity contribution in [2.45, 2.75) is 64.5 Å². The van der Waals surface area contributed by atoms with Crippen molar-refractivity contribution in [1.29, 1.82) is 0 Å². The highest BCUT2D eigenvalue weighted by Gasteiger charge is 2.33. The van der Waals surface area contributed by atoms with Crippen LogP contribution in [0.2, 0.25) is 0 Å².